The summed E-state index contributed by atoms with van der Waals surface area (Å²) in [6.07, 6.45) is 1.68. The molecule has 2 heterocycles. The minimum absolute atomic E-state index is 0.0864. The maximum atomic E-state index is 14.0. The highest BCUT2D eigenvalue weighted by atomic mass is 79.9. The van der Waals surface area contributed by atoms with Crippen LogP contribution in [0.15, 0.2) is 48.8 Å². The number of para-hydroxylation sites is 1. The van der Waals surface area contributed by atoms with Gasteiger partial charge in [0.05, 0.1) is 18.7 Å². The van der Waals surface area contributed by atoms with E-state index in [1.165, 1.54) is 28.0 Å². The second kappa shape index (κ2) is 7.44. The van der Waals surface area contributed by atoms with Crippen LogP contribution in [0.2, 0.25) is 0 Å². The number of nitrogens with two attached hydrogens (primary N) is 1. The number of aromatic nitrogens is 2. The summed E-state index contributed by atoms with van der Waals surface area (Å²) in [5.41, 5.74) is 3.75. The Morgan fingerprint density at radius 2 is 2.11 bits per heavy atom. The van der Waals surface area contributed by atoms with Gasteiger partial charge in [0.2, 0.25) is 5.91 Å². The molecule has 0 unspecified atom stereocenters. The number of nitrogens with zero attached hydrogens (tertiary/aromatic N) is 3. The molecule has 8 heteroatoms. The van der Waals surface area contributed by atoms with E-state index < -0.39 is 0 Å². The molecular formula is C20H17BrFN4OS+. The predicted octanol–water partition coefficient (Wildman–Crippen LogP) is 3.79. The molecule has 1 aliphatic heterocycles. The molecule has 0 spiro atoms. The number of carbonyl (C=O) groups excluding carboxylic acids is 1. The SMILES string of the molecule is Cc1ccc(CN2C(=O)CC(c3nc[n+](N)s3)=C(Br)c3ccccc32)cc1F. The molecule has 3 aromatic rings. The van der Waals surface area contributed by atoms with Crippen molar-refractivity contribution in [2.45, 2.75) is 19.9 Å². The zero-order valence-electron chi connectivity index (χ0n) is 15.0. The molecule has 4 rings (SSSR count). The van der Waals surface area contributed by atoms with E-state index in [0.717, 1.165) is 26.9 Å². The highest BCUT2D eigenvalue weighted by Crippen LogP contribution is 2.42. The molecule has 1 aliphatic rings. The standard InChI is InChI=1S/C20H17BrFN4OS/c1-12-6-7-13(8-16(12)22)10-25-17-5-3-2-4-14(17)19(21)15(9-18(25)27)20-24-11-26(23)28-20/h2-8,11H,9-10,23H2,1H3/q+1. The number of carbonyl (C=O) groups is 1. The van der Waals surface area contributed by atoms with E-state index in [9.17, 15) is 9.18 Å². The molecule has 5 nitrogen and oxygen atoms in total. The molecule has 2 aromatic carbocycles. The Bertz CT molecular complexity index is 1110. The Morgan fingerprint density at radius 1 is 1.32 bits per heavy atom. The Hall–Kier alpha value is -2.58. The van der Waals surface area contributed by atoms with Crippen LogP contribution in [-0.2, 0) is 11.3 Å². The molecule has 0 atom stereocenters. The molecule has 1 amide bonds. The fourth-order valence-electron chi connectivity index (χ4n) is 3.17. The van der Waals surface area contributed by atoms with Gasteiger partial charge in [-0.3, -0.25) is 10.6 Å². The number of fused-ring (bicyclic) bond motifs is 1. The molecule has 1 aromatic heterocycles. The van der Waals surface area contributed by atoms with Gasteiger partial charge < -0.3 is 4.90 Å². The van der Waals surface area contributed by atoms with E-state index >= 15 is 0 Å². The molecule has 0 fully saturated rings. The van der Waals surface area contributed by atoms with Gasteiger partial charge in [-0.25, -0.2) is 4.39 Å². The zero-order chi connectivity index (χ0) is 19.8. The molecule has 0 radical (unpaired) electrons. The van der Waals surface area contributed by atoms with E-state index in [-0.39, 0.29) is 24.7 Å². The van der Waals surface area contributed by atoms with E-state index in [1.807, 2.05) is 30.3 Å². The van der Waals surface area contributed by atoms with Crippen molar-refractivity contribution in [3.05, 3.63) is 76.3 Å². The van der Waals surface area contributed by atoms with E-state index in [2.05, 4.69) is 20.9 Å². The summed E-state index contributed by atoms with van der Waals surface area (Å²) in [4.78, 5) is 19.2. The van der Waals surface area contributed by atoms with Gasteiger partial charge in [0.1, 0.15) is 17.3 Å². The number of aryl methyl sites for hydroxylation is 1. The minimum atomic E-state index is -0.275. The van der Waals surface area contributed by atoms with Crippen molar-refractivity contribution in [3.63, 3.8) is 0 Å². The molecule has 0 saturated heterocycles. The van der Waals surface area contributed by atoms with Crippen molar-refractivity contribution in [1.29, 1.82) is 0 Å². The Labute approximate surface area is 174 Å². The Balaban J connectivity index is 1.78. The van der Waals surface area contributed by atoms with Crippen molar-refractivity contribution in [2.75, 3.05) is 10.7 Å². The van der Waals surface area contributed by atoms with Gasteiger partial charge in [-0.05, 0) is 51.1 Å². The maximum Gasteiger partial charge on any atom is 0.322 e. The van der Waals surface area contributed by atoms with Crippen molar-refractivity contribution in [3.8, 4) is 0 Å². The number of hydrogen-bond acceptors (Lipinski definition) is 4. The van der Waals surface area contributed by atoms with Crippen LogP contribution >= 0.6 is 27.5 Å². The topological polar surface area (TPSA) is 63.1 Å². The average Bonchev–Trinajstić information content (AvgIpc) is 3.08. The number of benzene rings is 2. The fraction of sp³-hybridized carbons (Fsp3) is 0.150. The average molecular weight is 460 g/mol. The Morgan fingerprint density at radius 3 is 2.82 bits per heavy atom. The van der Waals surface area contributed by atoms with E-state index in [1.54, 1.807) is 17.9 Å². The molecule has 2 N–H and O–H groups in total. The monoisotopic (exact) mass is 459 g/mol. The van der Waals surface area contributed by atoms with Crippen LogP contribution in [0.4, 0.5) is 10.1 Å². The van der Waals surface area contributed by atoms with Crippen LogP contribution in [-0.4, -0.2) is 10.9 Å². The van der Waals surface area contributed by atoms with Crippen LogP contribution in [0.5, 0.6) is 0 Å². The third-order valence-corrected chi connectivity index (χ3v) is 6.38. The Kier molecular flexibility index (Phi) is 4.99. The summed E-state index contributed by atoms with van der Waals surface area (Å²) in [5.74, 6) is 5.40. The van der Waals surface area contributed by atoms with Gasteiger partial charge >= 0.3 is 6.33 Å². The maximum absolute atomic E-state index is 14.0. The van der Waals surface area contributed by atoms with Gasteiger partial charge in [0, 0.05) is 15.6 Å². The molecular weight excluding hydrogens is 443 g/mol. The summed E-state index contributed by atoms with van der Waals surface area (Å²) in [6, 6.07) is 12.7. The van der Waals surface area contributed by atoms with Gasteiger partial charge in [0.15, 0.2) is 0 Å². The summed E-state index contributed by atoms with van der Waals surface area (Å²) >= 11 is 4.94. The quantitative estimate of drug-likeness (QED) is 0.478. The molecule has 142 valence electrons. The van der Waals surface area contributed by atoms with Crippen LogP contribution in [0.3, 0.4) is 0 Å². The van der Waals surface area contributed by atoms with Crippen LogP contribution in [0, 0.1) is 12.7 Å². The number of amides is 1. The first kappa shape index (κ1) is 18.8. The lowest BCUT2D eigenvalue weighted by Gasteiger charge is -2.23. The molecule has 0 saturated carbocycles. The van der Waals surface area contributed by atoms with Crippen molar-refractivity contribution >= 4 is 49.1 Å². The molecule has 28 heavy (non-hydrogen) atoms. The lowest BCUT2D eigenvalue weighted by atomic mass is 10.1. The lowest BCUT2D eigenvalue weighted by Crippen LogP contribution is -2.38. The summed E-state index contributed by atoms with van der Waals surface area (Å²) in [7, 11) is 0. The number of halogens is 2. The normalized spacial score (nSPS) is 14.2. The smallest absolute Gasteiger partial charge is 0.307 e. The lowest BCUT2D eigenvalue weighted by molar-refractivity contribution is -0.568. The number of hydrogen-bond donors (Lipinski definition) is 1. The number of anilines is 1. The van der Waals surface area contributed by atoms with Crippen LogP contribution in [0.1, 0.15) is 28.1 Å². The minimum Gasteiger partial charge on any atom is -0.307 e. The second-order valence-electron chi connectivity index (χ2n) is 6.55. The summed E-state index contributed by atoms with van der Waals surface area (Å²) in [5, 5.41) is 0.681. The van der Waals surface area contributed by atoms with Gasteiger partial charge in [-0.15, -0.1) is 0 Å². The summed E-state index contributed by atoms with van der Waals surface area (Å²) < 4.78 is 16.2. The summed E-state index contributed by atoms with van der Waals surface area (Å²) in [6.45, 7) is 2.01. The third kappa shape index (κ3) is 3.45. The first-order valence-corrected chi connectivity index (χ1v) is 10.2. The highest BCUT2D eigenvalue weighted by molar-refractivity contribution is 9.15. The predicted molar refractivity (Wildman–Crippen MR) is 112 cm³/mol. The van der Waals surface area contributed by atoms with Gasteiger partial charge in [-0.1, -0.05) is 34.4 Å². The van der Waals surface area contributed by atoms with Crippen molar-refractivity contribution in [2.24, 2.45) is 0 Å². The highest BCUT2D eigenvalue weighted by Gasteiger charge is 2.30. The van der Waals surface area contributed by atoms with Crippen LogP contribution in [0.25, 0.3) is 10.1 Å². The number of nitrogen functional groups attached to an aromatic ring is 1. The zero-order valence-corrected chi connectivity index (χ0v) is 17.4. The van der Waals surface area contributed by atoms with Crippen molar-refractivity contribution < 1.29 is 13.3 Å². The second-order valence-corrected chi connectivity index (χ2v) is 8.33. The number of rotatable bonds is 3. The largest absolute Gasteiger partial charge is 0.322 e. The molecule has 0 aliphatic carbocycles. The first-order chi connectivity index (χ1) is 13.4. The third-order valence-electron chi connectivity index (χ3n) is 4.64. The molecule has 0 bridgehead atoms. The fourth-order valence-corrected chi connectivity index (χ4v) is 4.63. The first-order valence-electron chi connectivity index (χ1n) is 8.61. The van der Waals surface area contributed by atoms with Crippen molar-refractivity contribution in [1.82, 2.24) is 4.98 Å². The van der Waals surface area contributed by atoms with Gasteiger partial charge in [0.25, 0.3) is 5.01 Å². The van der Waals surface area contributed by atoms with Crippen LogP contribution < -0.4 is 14.8 Å². The van der Waals surface area contributed by atoms with E-state index in [4.69, 9.17) is 5.84 Å². The van der Waals surface area contributed by atoms with E-state index in [0.29, 0.717) is 10.6 Å². The van der Waals surface area contributed by atoms with Gasteiger partial charge in [-0.2, -0.15) is 0 Å².